The van der Waals surface area contributed by atoms with E-state index in [-0.39, 0.29) is 29.3 Å². The van der Waals surface area contributed by atoms with E-state index in [9.17, 15) is 18.0 Å². The van der Waals surface area contributed by atoms with Gasteiger partial charge < -0.3 is 15.7 Å². The van der Waals surface area contributed by atoms with Gasteiger partial charge in [0.2, 0.25) is 0 Å². The zero-order valence-electron chi connectivity index (χ0n) is 11.2. The molecule has 0 bridgehead atoms. The second-order valence-electron chi connectivity index (χ2n) is 4.11. The SMILES string of the molecule is CCS(=O)(=O)CCNC(=O)Nc1ccc(Br)cc1C(=O)O. The molecule has 0 unspecified atom stereocenters. The number of sulfone groups is 1. The van der Waals surface area contributed by atoms with Crippen molar-refractivity contribution >= 4 is 43.5 Å². The summed E-state index contributed by atoms with van der Waals surface area (Å²) in [6.45, 7) is 1.48. The second kappa shape index (κ2) is 7.41. The van der Waals surface area contributed by atoms with E-state index in [2.05, 4.69) is 26.6 Å². The lowest BCUT2D eigenvalue weighted by Crippen LogP contribution is -2.33. The van der Waals surface area contributed by atoms with Gasteiger partial charge in [0.15, 0.2) is 9.84 Å². The Kier molecular flexibility index (Phi) is 6.16. The highest BCUT2D eigenvalue weighted by atomic mass is 79.9. The summed E-state index contributed by atoms with van der Waals surface area (Å²) in [5.74, 6) is -1.34. The number of anilines is 1. The molecule has 2 amide bonds. The number of carboxylic acids is 1. The Morgan fingerprint density at radius 2 is 2.00 bits per heavy atom. The van der Waals surface area contributed by atoms with Crippen LogP contribution in [0.5, 0.6) is 0 Å². The van der Waals surface area contributed by atoms with Crippen LogP contribution in [0, 0.1) is 0 Å². The fourth-order valence-electron chi connectivity index (χ4n) is 1.43. The molecule has 1 aromatic carbocycles. The van der Waals surface area contributed by atoms with Crippen LogP contribution in [0.3, 0.4) is 0 Å². The fourth-order valence-corrected chi connectivity index (χ4v) is 2.50. The lowest BCUT2D eigenvalue weighted by Gasteiger charge is -2.10. The molecule has 0 saturated carbocycles. The molecule has 1 rings (SSSR count). The number of aromatic carboxylic acids is 1. The summed E-state index contributed by atoms with van der Waals surface area (Å²) in [5, 5.41) is 13.8. The summed E-state index contributed by atoms with van der Waals surface area (Å²) in [5.41, 5.74) is 0.0576. The van der Waals surface area contributed by atoms with Crippen molar-refractivity contribution in [3.05, 3.63) is 28.2 Å². The number of carboxylic acid groups (broad SMARTS) is 1. The van der Waals surface area contributed by atoms with Crippen LogP contribution in [-0.2, 0) is 9.84 Å². The molecule has 0 fully saturated rings. The van der Waals surface area contributed by atoms with E-state index in [0.717, 1.165) is 0 Å². The minimum Gasteiger partial charge on any atom is -0.478 e. The number of carbonyl (C=O) groups is 2. The summed E-state index contributed by atoms with van der Waals surface area (Å²) in [7, 11) is -3.16. The van der Waals surface area contributed by atoms with E-state index >= 15 is 0 Å². The van der Waals surface area contributed by atoms with Crippen molar-refractivity contribution in [2.75, 3.05) is 23.4 Å². The van der Waals surface area contributed by atoms with Crippen molar-refractivity contribution in [1.29, 1.82) is 0 Å². The van der Waals surface area contributed by atoms with Crippen molar-refractivity contribution < 1.29 is 23.1 Å². The summed E-state index contributed by atoms with van der Waals surface area (Å²) in [4.78, 5) is 22.7. The predicted molar refractivity (Wildman–Crippen MR) is 82.5 cm³/mol. The van der Waals surface area contributed by atoms with Crippen LogP contribution in [0.25, 0.3) is 0 Å². The van der Waals surface area contributed by atoms with Crippen LogP contribution in [-0.4, -0.2) is 43.6 Å². The third-order valence-corrected chi connectivity index (χ3v) is 4.80. The Bertz CT molecular complexity index is 645. The Labute approximate surface area is 130 Å². The summed E-state index contributed by atoms with van der Waals surface area (Å²) >= 11 is 3.14. The average Bonchev–Trinajstić information content (AvgIpc) is 2.40. The standard InChI is InChI=1S/C12H15BrN2O5S/c1-2-21(19,20)6-5-14-12(18)15-10-4-3-8(13)7-9(10)11(16)17/h3-4,7H,2,5-6H2,1H3,(H,16,17)(H2,14,15,18). The quantitative estimate of drug-likeness (QED) is 0.697. The minimum absolute atomic E-state index is 0.00612. The van der Waals surface area contributed by atoms with Gasteiger partial charge in [0.1, 0.15) is 0 Å². The predicted octanol–water partition coefficient (Wildman–Crippen LogP) is 1.70. The first-order valence-corrected chi connectivity index (χ1v) is 8.64. The number of carbonyl (C=O) groups excluding carboxylic acids is 1. The average molecular weight is 379 g/mol. The molecule has 0 saturated heterocycles. The largest absolute Gasteiger partial charge is 0.478 e. The highest BCUT2D eigenvalue weighted by molar-refractivity contribution is 9.10. The molecule has 7 nitrogen and oxygen atoms in total. The zero-order valence-corrected chi connectivity index (χ0v) is 13.6. The topological polar surface area (TPSA) is 113 Å². The molecule has 0 spiro atoms. The number of hydrogen-bond acceptors (Lipinski definition) is 4. The number of amides is 2. The molecule has 116 valence electrons. The Morgan fingerprint density at radius 3 is 2.57 bits per heavy atom. The molecule has 0 radical (unpaired) electrons. The van der Waals surface area contributed by atoms with Gasteiger partial charge in [0, 0.05) is 16.8 Å². The van der Waals surface area contributed by atoms with Gasteiger partial charge >= 0.3 is 12.0 Å². The van der Waals surface area contributed by atoms with E-state index in [1.807, 2.05) is 0 Å². The normalized spacial score (nSPS) is 11.0. The van der Waals surface area contributed by atoms with Crippen molar-refractivity contribution in [1.82, 2.24) is 5.32 Å². The fraction of sp³-hybridized carbons (Fsp3) is 0.333. The summed E-state index contributed by atoms with van der Waals surface area (Å²) < 4.78 is 23.1. The second-order valence-corrected chi connectivity index (χ2v) is 7.50. The lowest BCUT2D eigenvalue weighted by molar-refractivity contribution is 0.0698. The molecular formula is C12H15BrN2O5S. The first-order chi connectivity index (χ1) is 9.75. The highest BCUT2D eigenvalue weighted by Gasteiger charge is 2.13. The van der Waals surface area contributed by atoms with Crippen molar-refractivity contribution in [3.8, 4) is 0 Å². The molecule has 0 aliphatic carbocycles. The molecular weight excluding hydrogens is 364 g/mol. The lowest BCUT2D eigenvalue weighted by atomic mass is 10.2. The van der Waals surface area contributed by atoms with Gasteiger partial charge in [-0.15, -0.1) is 0 Å². The number of rotatable bonds is 6. The van der Waals surface area contributed by atoms with Crippen LogP contribution < -0.4 is 10.6 Å². The zero-order chi connectivity index (χ0) is 16.0. The van der Waals surface area contributed by atoms with Gasteiger partial charge in [-0.3, -0.25) is 0 Å². The monoisotopic (exact) mass is 378 g/mol. The molecule has 0 heterocycles. The molecule has 21 heavy (non-hydrogen) atoms. The molecule has 1 aromatic rings. The van der Waals surface area contributed by atoms with Crippen LogP contribution >= 0.6 is 15.9 Å². The molecule has 0 aliphatic rings. The molecule has 0 aliphatic heterocycles. The molecule has 0 aromatic heterocycles. The van der Waals surface area contributed by atoms with Crippen LogP contribution in [0.15, 0.2) is 22.7 Å². The third-order valence-electron chi connectivity index (χ3n) is 2.60. The minimum atomic E-state index is -3.16. The maximum absolute atomic E-state index is 11.6. The summed E-state index contributed by atoms with van der Waals surface area (Å²) in [6, 6.07) is 3.73. The Hall–Kier alpha value is -1.61. The number of halogens is 1. The number of nitrogens with one attached hydrogen (secondary N) is 2. The van der Waals surface area contributed by atoms with Crippen LogP contribution in [0.2, 0.25) is 0 Å². The summed E-state index contributed by atoms with van der Waals surface area (Å²) in [6.07, 6.45) is 0. The molecule has 9 heteroatoms. The van der Waals surface area contributed by atoms with E-state index in [4.69, 9.17) is 5.11 Å². The van der Waals surface area contributed by atoms with E-state index in [1.54, 1.807) is 6.07 Å². The van der Waals surface area contributed by atoms with Crippen LogP contribution in [0.4, 0.5) is 10.5 Å². The number of benzene rings is 1. The molecule has 0 atom stereocenters. The maximum Gasteiger partial charge on any atom is 0.337 e. The van der Waals surface area contributed by atoms with Crippen LogP contribution in [0.1, 0.15) is 17.3 Å². The van der Waals surface area contributed by atoms with Crippen molar-refractivity contribution in [3.63, 3.8) is 0 Å². The first kappa shape index (κ1) is 17.4. The third kappa shape index (κ3) is 5.72. The van der Waals surface area contributed by atoms with Gasteiger partial charge in [0.25, 0.3) is 0 Å². The van der Waals surface area contributed by atoms with Crippen molar-refractivity contribution in [2.24, 2.45) is 0 Å². The van der Waals surface area contributed by atoms with Gasteiger partial charge in [0.05, 0.1) is 17.0 Å². The van der Waals surface area contributed by atoms with Gasteiger partial charge in [-0.25, -0.2) is 18.0 Å². The number of hydrogen-bond donors (Lipinski definition) is 3. The van der Waals surface area contributed by atoms with Gasteiger partial charge in [-0.2, -0.15) is 0 Å². The van der Waals surface area contributed by atoms with Gasteiger partial charge in [-0.1, -0.05) is 22.9 Å². The Morgan fingerprint density at radius 1 is 1.33 bits per heavy atom. The van der Waals surface area contributed by atoms with E-state index in [1.165, 1.54) is 19.1 Å². The van der Waals surface area contributed by atoms with Gasteiger partial charge in [-0.05, 0) is 18.2 Å². The van der Waals surface area contributed by atoms with Crippen molar-refractivity contribution in [2.45, 2.75) is 6.92 Å². The smallest absolute Gasteiger partial charge is 0.337 e. The maximum atomic E-state index is 11.6. The molecule has 3 N–H and O–H groups in total. The Balaban J connectivity index is 2.66. The van der Waals surface area contributed by atoms with E-state index < -0.39 is 21.8 Å². The first-order valence-electron chi connectivity index (χ1n) is 6.03. The van der Waals surface area contributed by atoms with E-state index in [0.29, 0.717) is 4.47 Å². The number of urea groups is 1. The highest BCUT2D eigenvalue weighted by Crippen LogP contribution is 2.21.